The van der Waals surface area contributed by atoms with E-state index in [1.165, 1.54) is 29.8 Å². The molecule has 0 aliphatic rings. The lowest BCUT2D eigenvalue weighted by molar-refractivity contribution is 0.135. The van der Waals surface area contributed by atoms with Gasteiger partial charge in [0.15, 0.2) is 9.84 Å². The van der Waals surface area contributed by atoms with Gasteiger partial charge in [-0.3, -0.25) is 0 Å². The SMILES string of the molecule is CCCS(=O)(=O)CCOCc1nc(-c2cc3c(Nc4ccc(OCc5cccc(F)c5)c(Cl)c4)ncnc3cc2OC)cs1. The fourth-order valence-electron chi connectivity index (χ4n) is 4.43. The number of aromatic nitrogens is 3. The van der Waals surface area contributed by atoms with Crippen LogP contribution in [-0.4, -0.2) is 48.6 Å². The van der Waals surface area contributed by atoms with Crippen LogP contribution >= 0.6 is 22.9 Å². The van der Waals surface area contributed by atoms with Crippen molar-refractivity contribution in [3.63, 3.8) is 0 Å². The van der Waals surface area contributed by atoms with Crippen LogP contribution < -0.4 is 14.8 Å². The average Bonchev–Trinajstić information content (AvgIpc) is 3.47. The molecule has 0 amide bonds. The van der Waals surface area contributed by atoms with E-state index >= 15 is 0 Å². The zero-order chi connectivity index (χ0) is 31.1. The number of methoxy groups -OCH3 is 1. The van der Waals surface area contributed by atoms with Crippen LogP contribution in [0.1, 0.15) is 23.9 Å². The van der Waals surface area contributed by atoms with E-state index < -0.39 is 9.84 Å². The molecule has 9 nitrogen and oxygen atoms in total. The Morgan fingerprint density at radius 2 is 1.89 bits per heavy atom. The number of hydrogen-bond donors (Lipinski definition) is 1. The molecule has 0 aliphatic heterocycles. The van der Waals surface area contributed by atoms with Gasteiger partial charge in [0.25, 0.3) is 0 Å². The third kappa shape index (κ3) is 8.00. The van der Waals surface area contributed by atoms with E-state index in [4.69, 9.17) is 30.8 Å². The van der Waals surface area contributed by atoms with Gasteiger partial charge < -0.3 is 19.5 Å². The van der Waals surface area contributed by atoms with E-state index in [1.54, 1.807) is 31.4 Å². The summed E-state index contributed by atoms with van der Waals surface area (Å²) in [5.41, 5.74) is 3.46. The Kier molecular flexibility index (Phi) is 10.3. The molecule has 230 valence electrons. The molecule has 5 aromatic rings. The van der Waals surface area contributed by atoms with Crippen LogP contribution in [0.2, 0.25) is 5.02 Å². The smallest absolute Gasteiger partial charge is 0.152 e. The summed E-state index contributed by atoms with van der Waals surface area (Å²) in [5.74, 6) is 1.43. The molecular weight excluding hydrogens is 627 g/mol. The van der Waals surface area contributed by atoms with E-state index in [0.717, 1.165) is 10.9 Å². The second-order valence-corrected chi connectivity index (χ2v) is 13.5. The van der Waals surface area contributed by atoms with E-state index in [9.17, 15) is 12.8 Å². The van der Waals surface area contributed by atoms with Gasteiger partial charge >= 0.3 is 0 Å². The molecule has 13 heteroatoms. The predicted octanol–water partition coefficient (Wildman–Crippen LogP) is 7.22. The van der Waals surface area contributed by atoms with Crippen molar-refractivity contribution in [2.24, 2.45) is 0 Å². The lowest BCUT2D eigenvalue weighted by Gasteiger charge is -2.13. The average molecular weight is 657 g/mol. The van der Waals surface area contributed by atoms with E-state index in [2.05, 4.69) is 15.3 Å². The summed E-state index contributed by atoms with van der Waals surface area (Å²) in [6.07, 6.45) is 2.04. The summed E-state index contributed by atoms with van der Waals surface area (Å²) >= 11 is 7.92. The first-order valence-electron chi connectivity index (χ1n) is 13.7. The molecule has 0 radical (unpaired) electrons. The standard InChI is InChI=1S/C31H30ClFN4O5S2/c1-3-10-44(38,39)11-9-41-17-30-37-27(18-43-30)23-14-24-26(15-29(23)40-2)34-19-35-31(24)36-22-7-8-28(25(32)13-22)42-16-20-5-4-6-21(33)12-20/h4-8,12-15,18-19H,3,9-11,16-17H2,1-2H3,(H,34,35,36). The summed E-state index contributed by atoms with van der Waals surface area (Å²) in [6.45, 7) is 2.34. The highest BCUT2D eigenvalue weighted by molar-refractivity contribution is 7.91. The van der Waals surface area contributed by atoms with Crippen molar-refractivity contribution >= 4 is 55.2 Å². The molecular formula is C31H30ClFN4O5S2. The molecule has 5 rings (SSSR count). The molecule has 0 saturated carbocycles. The number of benzene rings is 3. The van der Waals surface area contributed by atoms with Crippen LogP contribution in [0.5, 0.6) is 11.5 Å². The molecule has 0 saturated heterocycles. The fraction of sp³-hybridized carbons (Fsp3) is 0.258. The van der Waals surface area contributed by atoms with Crippen LogP contribution in [0.15, 0.2) is 66.3 Å². The second-order valence-electron chi connectivity index (χ2n) is 9.81. The van der Waals surface area contributed by atoms with Gasteiger partial charge in [-0.1, -0.05) is 30.7 Å². The lowest BCUT2D eigenvalue weighted by Crippen LogP contribution is -2.15. The Morgan fingerprint density at radius 1 is 1.02 bits per heavy atom. The Hall–Kier alpha value is -3.84. The Labute approximate surface area is 263 Å². The van der Waals surface area contributed by atoms with Crippen LogP contribution in [0.4, 0.5) is 15.9 Å². The number of halogens is 2. The van der Waals surface area contributed by atoms with Gasteiger partial charge in [-0.25, -0.2) is 27.8 Å². The maximum atomic E-state index is 13.5. The largest absolute Gasteiger partial charge is 0.496 e. The molecule has 2 aromatic heterocycles. The number of anilines is 2. The number of rotatable bonds is 14. The van der Waals surface area contributed by atoms with Crippen LogP contribution in [-0.2, 0) is 27.8 Å². The Morgan fingerprint density at radius 3 is 2.66 bits per heavy atom. The maximum absolute atomic E-state index is 13.5. The molecule has 0 unspecified atom stereocenters. The molecule has 0 fully saturated rings. The Bertz CT molecular complexity index is 1870. The Balaban J connectivity index is 1.32. The first kappa shape index (κ1) is 31.6. The number of ether oxygens (including phenoxy) is 3. The monoisotopic (exact) mass is 656 g/mol. The van der Waals surface area contributed by atoms with Crippen molar-refractivity contribution in [1.82, 2.24) is 15.0 Å². The van der Waals surface area contributed by atoms with Gasteiger partial charge in [-0.05, 0) is 48.4 Å². The zero-order valence-electron chi connectivity index (χ0n) is 24.0. The van der Waals surface area contributed by atoms with Crippen molar-refractivity contribution < 1.29 is 27.0 Å². The highest BCUT2D eigenvalue weighted by atomic mass is 35.5. The second kappa shape index (κ2) is 14.3. The minimum atomic E-state index is -3.10. The van der Waals surface area contributed by atoms with Crippen molar-refractivity contribution in [2.75, 3.05) is 30.5 Å². The van der Waals surface area contributed by atoms with E-state index in [0.29, 0.717) is 56.2 Å². The third-order valence-corrected chi connectivity index (χ3v) is 9.48. The van der Waals surface area contributed by atoms with Crippen molar-refractivity contribution in [3.8, 4) is 22.8 Å². The van der Waals surface area contributed by atoms with Crippen LogP contribution in [0.25, 0.3) is 22.2 Å². The highest BCUT2D eigenvalue weighted by Crippen LogP contribution is 2.37. The quantitative estimate of drug-likeness (QED) is 0.124. The van der Waals surface area contributed by atoms with Gasteiger partial charge in [0.2, 0.25) is 0 Å². The number of hydrogen-bond acceptors (Lipinski definition) is 10. The first-order valence-corrected chi connectivity index (χ1v) is 16.8. The van der Waals surface area contributed by atoms with Crippen LogP contribution in [0, 0.1) is 5.82 Å². The number of nitrogens with one attached hydrogen (secondary N) is 1. The minimum absolute atomic E-state index is 0.0107. The zero-order valence-corrected chi connectivity index (χ0v) is 26.4. The maximum Gasteiger partial charge on any atom is 0.152 e. The predicted molar refractivity (Wildman–Crippen MR) is 171 cm³/mol. The minimum Gasteiger partial charge on any atom is -0.496 e. The van der Waals surface area contributed by atoms with E-state index in [1.807, 2.05) is 30.5 Å². The van der Waals surface area contributed by atoms with Gasteiger partial charge in [0.1, 0.15) is 41.1 Å². The van der Waals surface area contributed by atoms with Gasteiger partial charge in [-0.15, -0.1) is 11.3 Å². The van der Waals surface area contributed by atoms with Crippen molar-refractivity contribution in [1.29, 1.82) is 0 Å². The molecule has 1 N–H and O–H groups in total. The molecule has 0 bridgehead atoms. The number of nitrogens with zero attached hydrogens (tertiary/aromatic N) is 3. The number of fused-ring (bicyclic) bond motifs is 1. The van der Waals surface area contributed by atoms with Gasteiger partial charge in [0.05, 0.1) is 42.3 Å². The summed E-state index contributed by atoms with van der Waals surface area (Å²) in [6, 6.07) is 15.2. The van der Waals surface area contributed by atoms with E-state index in [-0.39, 0.29) is 37.1 Å². The van der Waals surface area contributed by atoms with Crippen molar-refractivity contribution in [2.45, 2.75) is 26.6 Å². The molecule has 0 spiro atoms. The summed E-state index contributed by atoms with van der Waals surface area (Å²) < 4.78 is 54.4. The summed E-state index contributed by atoms with van der Waals surface area (Å²) in [5, 5.41) is 7.03. The molecule has 2 heterocycles. The number of sulfone groups is 1. The summed E-state index contributed by atoms with van der Waals surface area (Å²) in [7, 11) is -1.52. The van der Waals surface area contributed by atoms with Crippen LogP contribution in [0.3, 0.4) is 0 Å². The normalized spacial score (nSPS) is 11.5. The molecule has 0 atom stereocenters. The molecule has 0 aliphatic carbocycles. The van der Waals surface area contributed by atoms with Gasteiger partial charge in [-0.2, -0.15) is 0 Å². The number of thiazole rings is 1. The van der Waals surface area contributed by atoms with Crippen molar-refractivity contribution in [3.05, 3.63) is 87.7 Å². The summed E-state index contributed by atoms with van der Waals surface area (Å²) in [4.78, 5) is 13.6. The lowest BCUT2D eigenvalue weighted by atomic mass is 10.1. The van der Waals surface area contributed by atoms with Gasteiger partial charge in [0, 0.05) is 33.8 Å². The third-order valence-electron chi connectivity index (χ3n) is 6.54. The molecule has 44 heavy (non-hydrogen) atoms. The first-order chi connectivity index (χ1) is 21.2. The molecule has 3 aromatic carbocycles. The fourth-order valence-corrected chi connectivity index (χ4v) is 6.59. The highest BCUT2D eigenvalue weighted by Gasteiger charge is 2.16. The topological polar surface area (TPSA) is 113 Å².